The molecule has 1 heterocycles. The molecule has 8 heteroatoms. The molecule has 0 aliphatic heterocycles. The maximum atomic E-state index is 13.2. The first-order valence-corrected chi connectivity index (χ1v) is 3.76. The van der Waals surface area contributed by atoms with Crippen LogP contribution in [-0.4, -0.2) is 17.3 Å². The second kappa shape index (κ2) is 3.60. The number of rotatable bonds is 1. The van der Waals surface area contributed by atoms with Crippen molar-refractivity contribution in [2.75, 3.05) is 0 Å². The zero-order chi connectivity index (χ0) is 12.6. The van der Waals surface area contributed by atoms with E-state index in [2.05, 4.69) is 4.98 Å². The minimum Gasteiger partial charge on any atom is -0.256 e. The zero-order valence-corrected chi connectivity index (χ0v) is 7.33. The Morgan fingerprint density at radius 2 is 1.44 bits per heavy atom. The van der Waals surface area contributed by atoms with E-state index in [9.17, 15) is 30.7 Å². The second-order valence-electron chi connectivity index (χ2n) is 2.78. The summed E-state index contributed by atoms with van der Waals surface area (Å²) in [5.74, 6) is 0. The molecule has 1 aromatic heterocycles. The largest absolute Gasteiger partial charge is 0.437 e. The number of aromatic nitrogens is 1. The Morgan fingerprint density at radius 1 is 0.938 bits per heavy atom. The first kappa shape index (κ1) is 12.7. The Hall–Kier alpha value is -1.34. The quantitative estimate of drug-likeness (QED) is 0.693. The van der Waals surface area contributed by atoms with Gasteiger partial charge in [-0.3, -0.25) is 4.98 Å². The van der Waals surface area contributed by atoms with Crippen LogP contribution < -0.4 is 0 Å². The predicted octanol–water partition coefficient (Wildman–Crippen LogP) is 3.17. The van der Waals surface area contributed by atoms with E-state index in [0.29, 0.717) is 12.3 Å². The van der Waals surface area contributed by atoms with Gasteiger partial charge in [0.05, 0.1) is 0 Å². The average Bonchev–Trinajstić information content (AvgIpc) is 2.14. The summed E-state index contributed by atoms with van der Waals surface area (Å²) in [5, 5.41) is 0. The van der Waals surface area contributed by atoms with Crippen LogP contribution in [-0.2, 0) is 5.67 Å². The smallest absolute Gasteiger partial charge is 0.256 e. The van der Waals surface area contributed by atoms with E-state index < -0.39 is 23.7 Å². The molecule has 1 rings (SSSR count). The first-order valence-electron chi connectivity index (χ1n) is 3.76. The normalized spacial score (nSPS) is 13.9. The van der Waals surface area contributed by atoms with Crippen LogP contribution >= 0.6 is 0 Å². The zero-order valence-electron chi connectivity index (χ0n) is 7.33. The molecule has 0 spiro atoms. The van der Waals surface area contributed by atoms with E-state index in [1.54, 1.807) is 0 Å². The van der Waals surface area contributed by atoms with Crippen LogP contribution in [0.15, 0.2) is 18.3 Å². The summed E-state index contributed by atoms with van der Waals surface area (Å²) in [6.45, 7) is 0. The van der Waals surface area contributed by atoms with Crippen LogP contribution in [0.2, 0.25) is 0 Å². The fourth-order valence-corrected chi connectivity index (χ4v) is 0.943. The van der Waals surface area contributed by atoms with Crippen LogP contribution in [0.3, 0.4) is 0 Å². The summed E-state index contributed by atoms with van der Waals surface area (Å²) in [4.78, 5) is 2.71. The molecule has 1 aromatic rings. The lowest BCUT2D eigenvalue weighted by atomic mass is 10.00. The molecule has 0 N–H and O–H groups in total. The molecular weight excluding hydrogens is 243 g/mol. The SMILES string of the molecule is FC(F)(F)C(F)(c1[c]cccn1)C(F)(F)F. The summed E-state index contributed by atoms with van der Waals surface area (Å²) >= 11 is 0. The molecule has 16 heavy (non-hydrogen) atoms. The molecule has 0 aliphatic carbocycles. The van der Waals surface area contributed by atoms with E-state index in [1.807, 2.05) is 0 Å². The van der Waals surface area contributed by atoms with Crippen molar-refractivity contribution >= 4 is 0 Å². The molecule has 1 radical (unpaired) electrons. The molecule has 0 atom stereocenters. The van der Waals surface area contributed by atoms with E-state index in [-0.39, 0.29) is 0 Å². The van der Waals surface area contributed by atoms with Gasteiger partial charge in [-0.05, 0) is 6.07 Å². The highest BCUT2D eigenvalue weighted by atomic mass is 19.4. The number of hydrogen-bond donors (Lipinski definition) is 0. The van der Waals surface area contributed by atoms with Gasteiger partial charge in [0.25, 0.3) is 0 Å². The fraction of sp³-hybridized carbons (Fsp3) is 0.375. The molecule has 0 saturated heterocycles. The van der Waals surface area contributed by atoms with Crippen molar-refractivity contribution in [2.24, 2.45) is 0 Å². The first-order chi connectivity index (χ1) is 7.11. The molecule has 0 aromatic carbocycles. The van der Waals surface area contributed by atoms with Gasteiger partial charge in [-0.2, -0.15) is 26.3 Å². The van der Waals surface area contributed by atoms with Crippen molar-refractivity contribution < 1.29 is 30.7 Å². The third-order valence-electron chi connectivity index (χ3n) is 1.71. The van der Waals surface area contributed by atoms with Gasteiger partial charge in [-0.1, -0.05) is 6.07 Å². The average molecular weight is 246 g/mol. The molecule has 89 valence electrons. The molecule has 1 nitrogen and oxygen atoms in total. The van der Waals surface area contributed by atoms with Crippen LogP contribution in [0.5, 0.6) is 0 Å². The molecule has 0 fully saturated rings. The minimum atomic E-state index is -6.14. The van der Waals surface area contributed by atoms with E-state index in [4.69, 9.17) is 0 Å². The van der Waals surface area contributed by atoms with Crippen LogP contribution in [0.4, 0.5) is 30.7 Å². The third kappa shape index (κ3) is 1.83. The van der Waals surface area contributed by atoms with Gasteiger partial charge in [0.1, 0.15) is 5.69 Å². The minimum absolute atomic E-state index is 0.623. The van der Waals surface area contributed by atoms with Crippen molar-refractivity contribution in [3.05, 3.63) is 30.1 Å². The highest BCUT2D eigenvalue weighted by Crippen LogP contribution is 2.52. The maximum absolute atomic E-state index is 13.2. The van der Waals surface area contributed by atoms with Gasteiger partial charge in [0.15, 0.2) is 0 Å². The molecule has 0 amide bonds. The van der Waals surface area contributed by atoms with E-state index in [0.717, 1.165) is 6.07 Å². The summed E-state index contributed by atoms with van der Waals surface area (Å²) in [5.41, 5.74) is -7.35. The number of nitrogens with zero attached hydrogens (tertiary/aromatic N) is 1. The summed E-state index contributed by atoms with van der Waals surface area (Å²) in [7, 11) is 0. The lowest BCUT2D eigenvalue weighted by Crippen LogP contribution is -2.50. The second-order valence-corrected chi connectivity index (χ2v) is 2.78. The highest BCUT2D eigenvalue weighted by Gasteiger charge is 2.74. The monoisotopic (exact) mass is 246 g/mol. The van der Waals surface area contributed by atoms with Gasteiger partial charge in [0, 0.05) is 12.3 Å². The molecule has 0 saturated carbocycles. The van der Waals surface area contributed by atoms with Gasteiger partial charge in [0.2, 0.25) is 0 Å². The molecular formula is C8H3F7N. The van der Waals surface area contributed by atoms with Gasteiger partial charge in [-0.25, -0.2) is 4.39 Å². The number of pyridine rings is 1. The Labute approximate surface area is 84.9 Å². The van der Waals surface area contributed by atoms with Crippen molar-refractivity contribution in [3.63, 3.8) is 0 Å². The lowest BCUT2D eigenvalue weighted by Gasteiger charge is -2.28. The van der Waals surface area contributed by atoms with Crippen molar-refractivity contribution in [1.29, 1.82) is 0 Å². The van der Waals surface area contributed by atoms with Crippen LogP contribution in [0, 0.1) is 6.07 Å². The number of alkyl halides is 7. The standard InChI is InChI=1S/C8H3F7N/c9-6(7(10,11)12,8(13,14)15)5-3-1-2-4-16-5/h1-2,4H. The Bertz CT molecular complexity index is 339. The highest BCUT2D eigenvalue weighted by molar-refractivity contribution is 5.17. The topological polar surface area (TPSA) is 12.9 Å². The Balaban J connectivity index is 3.39. The third-order valence-corrected chi connectivity index (χ3v) is 1.71. The van der Waals surface area contributed by atoms with Crippen molar-refractivity contribution in [1.82, 2.24) is 4.98 Å². The Morgan fingerprint density at radius 3 is 1.75 bits per heavy atom. The van der Waals surface area contributed by atoms with Gasteiger partial charge < -0.3 is 0 Å². The molecule has 0 bridgehead atoms. The molecule has 0 unspecified atom stereocenters. The summed E-state index contributed by atoms with van der Waals surface area (Å²) in [6, 6.07) is 3.24. The predicted molar refractivity (Wildman–Crippen MR) is 38.0 cm³/mol. The summed E-state index contributed by atoms with van der Waals surface area (Å²) in [6.07, 6.45) is -11.7. The number of hydrogen-bond acceptors (Lipinski definition) is 1. The number of halogens is 7. The summed E-state index contributed by atoms with van der Waals surface area (Å²) < 4.78 is 86.0. The lowest BCUT2D eigenvalue weighted by molar-refractivity contribution is -0.350. The van der Waals surface area contributed by atoms with Gasteiger partial charge in [-0.15, -0.1) is 0 Å². The Kier molecular flexibility index (Phi) is 2.86. The van der Waals surface area contributed by atoms with E-state index in [1.165, 1.54) is 6.07 Å². The fourth-order valence-electron chi connectivity index (χ4n) is 0.943. The van der Waals surface area contributed by atoms with Crippen LogP contribution in [0.25, 0.3) is 0 Å². The maximum Gasteiger partial charge on any atom is 0.437 e. The molecule has 0 aliphatic rings. The van der Waals surface area contributed by atoms with E-state index >= 15 is 0 Å². The van der Waals surface area contributed by atoms with Gasteiger partial charge >= 0.3 is 18.0 Å². The van der Waals surface area contributed by atoms with Crippen LogP contribution in [0.1, 0.15) is 5.69 Å². The van der Waals surface area contributed by atoms with Crippen molar-refractivity contribution in [2.45, 2.75) is 18.0 Å². The van der Waals surface area contributed by atoms with Crippen molar-refractivity contribution in [3.8, 4) is 0 Å².